The highest BCUT2D eigenvalue weighted by atomic mass is 32.1. The van der Waals surface area contributed by atoms with Crippen molar-refractivity contribution < 1.29 is 9.90 Å². The van der Waals surface area contributed by atoms with Crippen molar-refractivity contribution in [2.24, 2.45) is 0 Å². The lowest BCUT2D eigenvalue weighted by atomic mass is 10.2. The molecular formula is C14H19N3O3S. The van der Waals surface area contributed by atoms with Crippen molar-refractivity contribution in [3.05, 3.63) is 27.1 Å². The Labute approximate surface area is 126 Å². The predicted molar refractivity (Wildman–Crippen MR) is 83.4 cm³/mol. The minimum absolute atomic E-state index is 0.159. The van der Waals surface area contributed by atoms with Crippen molar-refractivity contribution >= 4 is 27.5 Å². The second-order valence-corrected chi connectivity index (χ2v) is 5.81. The lowest BCUT2D eigenvalue weighted by Gasteiger charge is -2.18. The van der Waals surface area contributed by atoms with E-state index in [0.29, 0.717) is 22.3 Å². The highest BCUT2D eigenvalue weighted by molar-refractivity contribution is 7.20. The first kappa shape index (κ1) is 15.7. The molecule has 0 spiro atoms. The molecular weight excluding hydrogens is 290 g/mol. The lowest BCUT2D eigenvalue weighted by Crippen LogP contribution is -2.31. The molecule has 0 aliphatic rings. The molecule has 21 heavy (non-hydrogen) atoms. The Bertz CT molecular complexity index is 716. The van der Waals surface area contributed by atoms with Gasteiger partial charge in [0.15, 0.2) is 0 Å². The van der Waals surface area contributed by atoms with Gasteiger partial charge in [-0.1, -0.05) is 13.8 Å². The summed E-state index contributed by atoms with van der Waals surface area (Å²) in [6.07, 6.45) is 1.51. The van der Waals surface area contributed by atoms with Crippen LogP contribution in [0.5, 0.6) is 0 Å². The molecule has 0 radical (unpaired) electrons. The third-order valence-electron chi connectivity index (χ3n) is 3.66. The maximum absolute atomic E-state index is 12.5. The van der Waals surface area contributed by atoms with Crippen LogP contribution in [0.2, 0.25) is 0 Å². The van der Waals surface area contributed by atoms with Crippen molar-refractivity contribution in [2.75, 3.05) is 19.6 Å². The molecule has 2 heterocycles. The van der Waals surface area contributed by atoms with E-state index >= 15 is 0 Å². The average molecular weight is 309 g/mol. The number of fused-ring (bicyclic) bond motifs is 1. The maximum Gasteiger partial charge on any atom is 0.346 e. The van der Waals surface area contributed by atoms with E-state index < -0.39 is 5.97 Å². The number of hydrogen-bond acceptors (Lipinski definition) is 5. The summed E-state index contributed by atoms with van der Waals surface area (Å²) in [4.78, 5) is 30.8. The number of thiophene rings is 1. The third-order valence-corrected chi connectivity index (χ3v) is 4.85. The number of likely N-dealkylation sites (N-methyl/N-ethyl adjacent to an activating group) is 1. The molecule has 0 aliphatic carbocycles. The number of aromatic carboxylic acids is 1. The molecule has 2 rings (SSSR count). The molecule has 0 aliphatic heterocycles. The lowest BCUT2D eigenvalue weighted by molar-refractivity contribution is 0.0701. The van der Waals surface area contributed by atoms with Gasteiger partial charge in [0.25, 0.3) is 5.56 Å². The highest BCUT2D eigenvalue weighted by Gasteiger charge is 2.18. The molecule has 7 heteroatoms. The van der Waals surface area contributed by atoms with E-state index in [1.807, 2.05) is 0 Å². The number of nitrogens with zero attached hydrogens (tertiary/aromatic N) is 3. The smallest absolute Gasteiger partial charge is 0.346 e. The largest absolute Gasteiger partial charge is 0.477 e. The number of aromatic nitrogens is 2. The highest BCUT2D eigenvalue weighted by Crippen LogP contribution is 2.26. The first-order chi connectivity index (χ1) is 9.99. The van der Waals surface area contributed by atoms with E-state index in [1.54, 1.807) is 11.5 Å². The number of aryl methyl sites for hydroxylation is 1. The molecule has 0 amide bonds. The van der Waals surface area contributed by atoms with Gasteiger partial charge in [-0.15, -0.1) is 11.3 Å². The molecule has 0 fully saturated rings. The minimum Gasteiger partial charge on any atom is -0.477 e. The normalized spacial score (nSPS) is 11.4. The van der Waals surface area contributed by atoms with Crippen molar-refractivity contribution in [3.8, 4) is 0 Å². The molecule has 6 nitrogen and oxygen atoms in total. The first-order valence-corrected chi connectivity index (χ1v) is 7.75. The zero-order chi connectivity index (χ0) is 15.6. The Morgan fingerprint density at radius 1 is 1.43 bits per heavy atom. The van der Waals surface area contributed by atoms with Gasteiger partial charge in [-0.05, 0) is 25.6 Å². The van der Waals surface area contributed by atoms with Crippen LogP contribution in [0.25, 0.3) is 10.2 Å². The molecule has 1 N–H and O–H groups in total. The topological polar surface area (TPSA) is 75.4 Å². The van der Waals surface area contributed by atoms with Gasteiger partial charge in [0.05, 0.1) is 11.7 Å². The molecule has 0 aromatic carbocycles. The predicted octanol–water partition coefficient (Wildman–Crippen LogP) is 1.81. The minimum atomic E-state index is -1.01. The monoisotopic (exact) mass is 309 g/mol. The van der Waals surface area contributed by atoms with Gasteiger partial charge in [0.2, 0.25) is 0 Å². The van der Waals surface area contributed by atoms with E-state index in [1.165, 1.54) is 6.33 Å². The van der Waals surface area contributed by atoms with Crippen molar-refractivity contribution in [1.29, 1.82) is 0 Å². The van der Waals surface area contributed by atoms with E-state index in [0.717, 1.165) is 31.0 Å². The van der Waals surface area contributed by atoms with Gasteiger partial charge < -0.3 is 10.0 Å². The van der Waals surface area contributed by atoms with Crippen LogP contribution in [0.1, 0.15) is 29.1 Å². The van der Waals surface area contributed by atoms with Gasteiger partial charge in [-0.25, -0.2) is 9.78 Å². The van der Waals surface area contributed by atoms with Crippen LogP contribution in [-0.2, 0) is 6.54 Å². The number of carboxylic acid groups (broad SMARTS) is 1. The molecule has 114 valence electrons. The number of carbonyl (C=O) groups is 1. The molecule has 0 unspecified atom stereocenters. The second kappa shape index (κ2) is 6.36. The fourth-order valence-electron chi connectivity index (χ4n) is 2.31. The summed E-state index contributed by atoms with van der Waals surface area (Å²) in [5.41, 5.74) is 0.352. The Balaban J connectivity index is 2.40. The molecule has 2 aromatic heterocycles. The Morgan fingerprint density at radius 3 is 2.67 bits per heavy atom. The standard InChI is InChI=1S/C14H19N3O3S/c1-4-16(5-2)6-7-17-8-15-12-10(13(17)18)9(3)11(21-12)14(19)20/h8H,4-7H2,1-3H3,(H,19,20). The second-order valence-electron chi connectivity index (χ2n) is 4.81. The Hall–Kier alpha value is -1.73. The summed E-state index contributed by atoms with van der Waals surface area (Å²) >= 11 is 1.05. The Kier molecular flexibility index (Phi) is 4.74. The van der Waals surface area contributed by atoms with Gasteiger partial charge in [-0.2, -0.15) is 0 Å². The number of carboxylic acids is 1. The third kappa shape index (κ3) is 2.98. The summed E-state index contributed by atoms with van der Waals surface area (Å²) < 4.78 is 1.56. The zero-order valence-corrected chi connectivity index (χ0v) is 13.2. The fourth-order valence-corrected chi connectivity index (χ4v) is 3.29. The summed E-state index contributed by atoms with van der Waals surface area (Å²) in [7, 11) is 0. The van der Waals surface area contributed by atoms with E-state index in [9.17, 15) is 9.59 Å². The van der Waals surface area contributed by atoms with Crippen LogP contribution in [0.4, 0.5) is 0 Å². The van der Waals surface area contributed by atoms with E-state index in [4.69, 9.17) is 5.11 Å². The van der Waals surface area contributed by atoms with Crippen molar-refractivity contribution in [1.82, 2.24) is 14.5 Å². The Morgan fingerprint density at radius 2 is 2.10 bits per heavy atom. The van der Waals surface area contributed by atoms with Crippen LogP contribution in [0.15, 0.2) is 11.1 Å². The zero-order valence-electron chi connectivity index (χ0n) is 12.4. The SMILES string of the molecule is CCN(CC)CCn1cnc2sc(C(=O)O)c(C)c2c1=O. The van der Waals surface area contributed by atoms with Crippen molar-refractivity contribution in [3.63, 3.8) is 0 Å². The molecule has 0 bridgehead atoms. The average Bonchev–Trinajstić information content (AvgIpc) is 2.80. The molecule has 0 saturated heterocycles. The van der Waals surface area contributed by atoms with Crippen molar-refractivity contribution in [2.45, 2.75) is 27.3 Å². The first-order valence-electron chi connectivity index (χ1n) is 6.93. The quantitative estimate of drug-likeness (QED) is 0.880. The summed E-state index contributed by atoms with van der Waals surface area (Å²) in [5.74, 6) is -1.01. The molecule has 2 aromatic rings. The summed E-state index contributed by atoms with van der Waals surface area (Å²) in [5, 5.41) is 9.56. The van der Waals surface area contributed by atoms with Crippen LogP contribution in [0, 0.1) is 6.92 Å². The van der Waals surface area contributed by atoms with Crippen LogP contribution < -0.4 is 5.56 Å². The van der Waals surface area contributed by atoms with Gasteiger partial charge in [0, 0.05) is 13.1 Å². The van der Waals surface area contributed by atoms with Gasteiger partial charge in [0.1, 0.15) is 9.71 Å². The van der Waals surface area contributed by atoms with Gasteiger partial charge in [-0.3, -0.25) is 9.36 Å². The number of rotatable bonds is 6. The van der Waals surface area contributed by atoms with Crippen LogP contribution >= 0.6 is 11.3 Å². The van der Waals surface area contributed by atoms with Crippen LogP contribution in [0.3, 0.4) is 0 Å². The van der Waals surface area contributed by atoms with Gasteiger partial charge >= 0.3 is 5.97 Å². The molecule has 0 atom stereocenters. The van der Waals surface area contributed by atoms with E-state index in [-0.39, 0.29) is 10.4 Å². The van der Waals surface area contributed by atoms with Crippen LogP contribution in [-0.4, -0.2) is 45.2 Å². The summed E-state index contributed by atoms with van der Waals surface area (Å²) in [6.45, 7) is 9.02. The maximum atomic E-state index is 12.5. The van der Waals surface area contributed by atoms with E-state index in [2.05, 4.69) is 23.7 Å². The summed E-state index contributed by atoms with van der Waals surface area (Å²) in [6, 6.07) is 0. The fraction of sp³-hybridized carbons (Fsp3) is 0.500. The molecule has 0 saturated carbocycles. The number of hydrogen-bond donors (Lipinski definition) is 1.